The van der Waals surface area contributed by atoms with Crippen LogP contribution in [0.3, 0.4) is 0 Å². The van der Waals surface area contributed by atoms with Crippen LogP contribution < -0.4 is 10.6 Å². The monoisotopic (exact) mass is 416 g/mol. The number of nitro benzene ring substituents is 2. The Morgan fingerprint density at radius 2 is 1.18 bits per heavy atom. The zero-order chi connectivity index (χ0) is 20.0. The number of nitrogens with zero attached hydrogens (tertiary/aromatic N) is 4. The zero-order valence-electron chi connectivity index (χ0n) is 14.0. The molecule has 2 aromatic rings. The first kappa shape index (κ1) is 18.0. The van der Waals surface area contributed by atoms with Crippen molar-refractivity contribution in [2.45, 2.75) is 12.3 Å². The topological polar surface area (TPSA) is 117 Å². The van der Waals surface area contributed by atoms with Gasteiger partial charge in [-0.1, -0.05) is 24.3 Å². The summed E-state index contributed by atoms with van der Waals surface area (Å²) in [5, 5.41) is 32.4. The van der Waals surface area contributed by atoms with Crippen LogP contribution in [0.1, 0.15) is 23.5 Å². The SMILES string of the molecule is O=[N+]([O-])c1cccc(C2NC(=S)N3C(c4cccc([N+](=O)[O-])c4)NC(=S)N23)c1. The minimum atomic E-state index is -0.531. The Kier molecular flexibility index (Phi) is 4.28. The minimum Gasteiger partial charge on any atom is -0.336 e. The molecule has 2 fully saturated rings. The van der Waals surface area contributed by atoms with Crippen LogP contribution in [0, 0.1) is 20.2 Å². The Morgan fingerprint density at radius 3 is 1.54 bits per heavy atom. The molecule has 2 aromatic carbocycles. The molecule has 12 heteroatoms. The Balaban J connectivity index is 1.70. The first-order chi connectivity index (χ1) is 13.4. The highest BCUT2D eigenvalue weighted by Gasteiger charge is 2.47. The Morgan fingerprint density at radius 1 is 0.786 bits per heavy atom. The molecule has 28 heavy (non-hydrogen) atoms. The highest BCUT2D eigenvalue weighted by atomic mass is 32.1. The number of hydrazine groups is 1. The summed E-state index contributed by atoms with van der Waals surface area (Å²) in [6, 6.07) is 12.4. The van der Waals surface area contributed by atoms with E-state index in [2.05, 4.69) is 10.6 Å². The maximum absolute atomic E-state index is 11.1. The van der Waals surface area contributed by atoms with Crippen molar-refractivity contribution in [2.24, 2.45) is 0 Å². The molecular weight excluding hydrogens is 404 g/mol. The molecule has 2 aliphatic rings. The highest BCUT2D eigenvalue weighted by molar-refractivity contribution is 7.80. The van der Waals surface area contributed by atoms with E-state index in [0.717, 1.165) is 0 Å². The third-order valence-corrected chi connectivity index (χ3v) is 5.06. The molecule has 0 amide bonds. The Bertz CT molecular complexity index is 950. The molecular formula is C16H12N6O4S2. The molecule has 0 radical (unpaired) electrons. The van der Waals surface area contributed by atoms with Crippen molar-refractivity contribution < 1.29 is 9.85 Å². The third-order valence-electron chi connectivity index (χ3n) is 4.45. The van der Waals surface area contributed by atoms with Gasteiger partial charge in [0.15, 0.2) is 10.2 Å². The zero-order valence-corrected chi connectivity index (χ0v) is 15.6. The molecule has 2 aliphatic heterocycles. The van der Waals surface area contributed by atoms with Crippen LogP contribution in [-0.2, 0) is 0 Å². The molecule has 2 heterocycles. The lowest BCUT2D eigenvalue weighted by molar-refractivity contribution is -0.385. The van der Waals surface area contributed by atoms with E-state index >= 15 is 0 Å². The minimum absolute atomic E-state index is 0.0445. The van der Waals surface area contributed by atoms with Crippen LogP contribution in [0.4, 0.5) is 11.4 Å². The van der Waals surface area contributed by atoms with E-state index in [1.54, 1.807) is 34.3 Å². The molecule has 0 bridgehead atoms. The molecule has 2 atom stereocenters. The molecule has 0 spiro atoms. The predicted octanol–water partition coefficient (Wildman–Crippen LogP) is 2.50. The van der Waals surface area contributed by atoms with E-state index in [1.165, 1.54) is 24.3 Å². The molecule has 4 rings (SSSR count). The fraction of sp³-hybridized carbons (Fsp3) is 0.125. The van der Waals surface area contributed by atoms with Gasteiger partial charge in [0.1, 0.15) is 12.3 Å². The fourth-order valence-corrected chi connectivity index (χ4v) is 3.84. The van der Waals surface area contributed by atoms with Crippen molar-refractivity contribution >= 4 is 46.0 Å². The summed E-state index contributed by atoms with van der Waals surface area (Å²) in [5.41, 5.74) is 1.14. The number of nitro groups is 2. The van der Waals surface area contributed by atoms with Gasteiger partial charge in [0, 0.05) is 35.4 Å². The van der Waals surface area contributed by atoms with Crippen LogP contribution >= 0.6 is 24.4 Å². The van der Waals surface area contributed by atoms with Crippen LogP contribution in [0.25, 0.3) is 0 Å². The van der Waals surface area contributed by atoms with Gasteiger partial charge >= 0.3 is 0 Å². The first-order valence-corrected chi connectivity index (χ1v) is 8.86. The molecule has 2 unspecified atom stereocenters. The highest BCUT2D eigenvalue weighted by Crippen LogP contribution is 2.37. The smallest absolute Gasteiger partial charge is 0.269 e. The van der Waals surface area contributed by atoms with Crippen molar-refractivity contribution in [3.63, 3.8) is 0 Å². The van der Waals surface area contributed by atoms with Gasteiger partial charge in [0.05, 0.1) is 9.85 Å². The summed E-state index contributed by atoms with van der Waals surface area (Å²) in [6.07, 6.45) is -1.06. The molecule has 0 aromatic heterocycles. The number of benzene rings is 2. The van der Waals surface area contributed by atoms with Crippen molar-refractivity contribution in [1.29, 1.82) is 0 Å². The van der Waals surface area contributed by atoms with Gasteiger partial charge in [-0.3, -0.25) is 20.2 Å². The van der Waals surface area contributed by atoms with E-state index in [1.807, 2.05) is 0 Å². The van der Waals surface area contributed by atoms with Crippen molar-refractivity contribution in [3.8, 4) is 0 Å². The Labute approximate surface area is 169 Å². The maximum atomic E-state index is 11.1. The molecule has 10 nitrogen and oxygen atoms in total. The number of nitrogens with one attached hydrogen (secondary N) is 2. The standard InChI is InChI=1S/C16H12N6O4S2/c23-21(24)11-5-1-3-9(7-11)13-17-15(27)20-14(18-16(28)19(13)20)10-4-2-6-12(8-10)22(25)26/h1-8,13-14H,(H,17,27)(H,18,28). The molecule has 142 valence electrons. The predicted molar refractivity (Wildman–Crippen MR) is 107 cm³/mol. The number of fused-ring (bicyclic) bond motifs is 1. The molecule has 2 saturated heterocycles. The van der Waals surface area contributed by atoms with E-state index < -0.39 is 22.2 Å². The van der Waals surface area contributed by atoms with Crippen molar-refractivity contribution in [1.82, 2.24) is 20.7 Å². The summed E-state index contributed by atoms with van der Waals surface area (Å²) < 4.78 is 0. The number of hydrogen-bond donors (Lipinski definition) is 2. The lowest BCUT2D eigenvalue weighted by Crippen LogP contribution is -2.36. The Hall–Kier alpha value is -3.38. The van der Waals surface area contributed by atoms with E-state index in [4.69, 9.17) is 24.4 Å². The van der Waals surface area contributed by atoms with E-state index in [-0.39, 0.29) is 11.4 Å². The third kappa shape index (κ3) is 2.88. The number of hydrogen-bond acceptors (Lipinski definition) is 6. The second kappa shape index (κ2) is 6.65. The second-order valence-corrected chi connectivity index (χ2v) is 6.87. The van der Waals surface area contributed by atoms with Crippen LogP contribution in [-0.4, -0.2) is 30.1 Å². The largest absolute Gasteiger partial charge is 0.336 e. The lowest BCUT2D eigenvalue weighted by Gasteiger charge is -2.26. The first-order valence-electron chi connectivity index (χ1n) is 8.05. The summed E-state index contributed by atoms with van der Waals surface area (Å²) in [6.45, 7) is 0. The summed E-state index contributed by atoms with van der Waals surface area (Å²) in [4.78, 5) is 21.2. The summed E-state index contributed by atoms with van der Waals surface area (Å²) in [7, 11) is 0. The van der Waals surface area contributed by atoms with E-state index in [9.17, 15) is 20.2 Å². The normalized spacial score (nSPS) is 20.6. The number of non-ortho nitro benzene ring substituents is 2. The average Bonchev–Trinajstić information content (AvgIpc) is 3.20. The van der Waals surface area contributed by atoms with Gasteiger partial charge in [-0.25, -0.2) is 10.0 Å². The van der Waals surface area contributed by atoms with Crippen LogP contribution in [0.15, 0.2) is 48.5 Å². The fourth-order valence-electron chi connectivity index (χ4n) is 3.23. The van der Waals surface area contributed by atoms with Crippen molar-refractivity contribution in [2.75, 3.05) is 0 Å². The maximum Gasteiger partial charge on any atom is 0.269 e. The van der Waals surface area contributed by atoms with Gasteiger partial charge in [-0.05, 0) is 24.4 Å². The second-order valence-electron chi connectivity index (χ2n) is 6.10. The van der Waals surface area contributed by atoms with Gasteiger partial charge in [0.25, 0.3) is 11.4 Å². The van der Waals surface area contributed by atoms with Crippen LogP contribution in [0.2, 0.25) is 0 Å². The van der Waals surface area contributed by atoms with Gasteiger partial charge < -0.3 is 10.6 Å². The lowest BCUT2D eigenvalue weighted by atomic mass is 10.1. The van der Waals surface area contributed by atoms with E-state index in [0.29, 0.717) is 21.4 Å². The van der Waals surface area contributed by atoms with Crippen LogP contribution in [0.5, 0.6) is 0 Å². The number of rotatable bonds is 4. The quantitative estimate of drug-likeness (QED) is 0.437. The van der Waals surface area contributed by atoms with Gasteiger partial charge in [0.2, 0.25) is 0 Å². The summed E-state index contributed by atoms with van der Waals surface area (Å²) >= 11 is 10.9. The van der Waals surface area contributed by atoms with Gasteiger partial charge in [-0.15, -0.1) is 0 Å². The average molecular weight is 416 g/mol. The van der Waals surface area contributed by atoms with Gasteiger partial charge in [-0.2, -0.15) is 0 Å². The van der Waals surface area contributed by atoms with Crippen molar-refractivity contribution in [3.05, 3.63) is 79.9 Å². The molecule has 0 saturated carbocycles. The summed E-state index contributed by atoms with van der Waals surface area (Å²) in [5.74, 6) is 0. The molecule has 2 N–H and O–H groups in total. The molecule has 0 aliphatic carbocycles. The number of thiocarbonyl (C=S) groups is 2.